The Kier molecular flexibility index (Phi) is 7.29. The zero-order valence-corrected chi connectivity index (χ0v) is 17.2. The molecule has 0 aromatic heterocycles. The molecule has 1 aliphatic rings. The number of hydrogen-bond acceptors (Lipinski definition) is 3. The molecule has 22 heavy (non-hydrogen) atoms. The van der Waals surface area contributed by atoms with Crippen LogP contribution in [0.4, 0.5) is 0 Å². The van der Waals surface area contributed by atoms with E-state index < -0.39 is 0 Å². The van der Waals surface area contributed by atoms with Crippen molar-refractivity contribution in [3.63, 3.8) is 0 Å². The van der Waals surface area contributed by atoms with Gasteiger partial charge in [-0.1, -0.05) is 44.1 Å². The van der Waals surface area contributed by atoms with E-state index in [9.17, 15) is 0 Å². The quantitative estimate of drug-likeness (QED) is 0.659. The van der Waals surface area contributed by atoms with Crippen LogP contribution in [0.15, 0.2) is 0 Å². The molecule has 0 aliphatic heterocycles. The van der Waals surface area contributed by atoms with Crippen molar-refractivity contribution in [2.75, 3.05) is 7.05 Å². The zero-order chi connectivity index (χ0) is 17.0. The number of nitrogens with one attached hydrogen (secondary N) is 1. The highest BCUT2D eigenvalue weighted by Gasteiger charge is 2.43. The number of nitrogens with zero attached hydrogens (tertiary/aromatic N) is 1. The molecule has 0 radical (unpaired) electrons. The van der Waals surface area contributed by atoms with E-state index in [0.717, 1.165) is 5.25 Å². The van der Waals surface area contributed by atoms with Crippen LogP contribution in [0.1, 0.15) is 93.4 Å². The van der Waals surface area contributed by atoms with Crippen LogP contribution in [0.5, 0.6) is 0 Å². The van der Waals surface area contributed by atoms with Gasteiger partial charge in [-0.05, 0) is 68.4 Å². The summed E-state index contributed by atoms with van der Waals surface area (Å²) in [5, 5.41) is 4.62. The van der Waals surface area contributed by atoms with Gasteiger partial charge in [0, 0.05) is 21.9 Å². The van der Waals surface area contributed by atoms with Crippen LogP contribution in [-0.2, 0) is 0 Å². The van der Waals surface area contributed by atoms with E-state index in [0.29, 0.717) is 0 Å². The molecule has 0 atom stereocenters. The second-order valence-corrected chi connectivity index (χ2v) is 10.6. The fourth-order valence-corrected chi connectivity index (χ4v) is 4.85. The van der Waals surface area contributed by atoms with E-state index in [2.05, 4.69) is 77.1 Å². The molecule has 0 amide bonds. The average molecular weight is 329 g/mol. The molecule has 0 spiro atoms. The van der Waals surface area contributed by atoms with E-state index in [1.54, 1.807) is 0 Å². The van der Waals surface area contributed by atoms with Crippen LogP contribution in [0.3, 0.4) is 0 Å². The Bertz CT molecular complexity index is 323. The number of likely N-dealkylation sites (N-methyl/N-ethyl adjacent to an activating group) is 1. The predicted molar refractivity (Wildman–Crippen MR) is 103 cm³/mol. The first-order valence-corrected chi connectivity index (χ1v) is 9.99. The lowest BCUT2D eigenvalue weighted by Gasteiger charge is -2.51. The molecular formula is C19H40N2S. The van der Waals surface area contributed by atoms with Gasteiger partial charge in [0.15, 0.2) is 0 Å². The minimum absolute atomic E-state index is 0.0502. The third kappa shape index (κ3) is 6.05. The van der Waals surface area contributed by atoms with Gasteiger partial charge in [-0.15, -0.1) is 0 Å². The number of hydrogen-bond donors (Lipinski definition) is 1. The van der Waals surface area contributed by atoms with Gasteiger partial charge >= 0.3 is 0 Å². The standard InChI is InChI=1S/C19H40N2S/c1-17(2,3)20-18(4,5)19(6,7)21(8)22-16-14-12-10-9-11-13-15-16/h16,20H,9-15H2,1-8H3. The van der Waals surface area contributed by atoms with E-state index in [-0.39, 0.29) is 16.6 Å². The molecule has 2 nitrogen and oxygen atoms in total. The molecule has 132 valence electrons. The van der Waals surface area contributed by atoms with Gasteiger partial charge in [0.25, 0.3) is 0 Å². The van der Waals surface area contributed by atoms with Crippen LogP contribution < -0.4 is 5.32 Å². The van der Waals surface area contributed by atoms with Crippen molar-refractivity contribution in [2.45, 2.75) is 115 Å². The van der Waals surface area contributed by atoms with E-state index >= 15 is 0 Å². The van der Waals surface area contributed by atoms with Crippen molar-refractivity contribution in [3.05, 3.63) is 0 Å². The predicted octanol–water partition coefficient (Wildman–Crippen LogP) is 5.62. The topological polar surface area (TPSA) is 15.3 Å². The molecule has 0 saturated heterocycles. The summed E-state index contributed by atoms with van der Waals surface area (Å²) in [4.78, 5) is 0. The average Bonchev–Trinajstić information content (AvgIpc) is 2.28. The maximum atomic E-state index is 3.82. The van der Waals surface area contributed by atoms with Gasteiger partial charge in [-0.3, -0.25) is 0 Å². The third-order valence-corrected chi connectivity index (χ3v) is 6.91. The molecular weight excluding hydrogens is 288 g/mol. The SMILES string of the molecule is CN(SC1CCCCCCC1)C(C)(C)C(C)(C)NC(C)(C)C. The van der Waals surface area contributed by atoms with Gasteiger partial charge in [0.05, 0.1) is 0 Å². The Morgan fingerprint density at radius 3 is 1.73 bits per heavy atom. The van der Waals surface area contributed by atoms with Gasteiger partial charge in [0.1, 0.15) is 0 Å². The van der Waals surface area contributed by atoms with Crippen molar-refractivity contribution < 1.29 is 0 Å². The molecule has 3 heteroatoms. The normalized spacial score (nSPS) is 20.0. The Morgan fingerprint density at radius 2 is 1.27 bits per heavy atom. The molecule has 1 saturated carbocycles. The first-order valence-electron chi connectivity index (χ1n) is 9.16. The van der Waals surface area contributed by atoms with Crippen molar-refractivity contribution >= 4 is 11.9 Å². The lowest BCUT2D eigenvalue weighted by Crippen LogP contribution is -2.65. The molecule has 1 rings (SSSR count). The van der Waals surface area contributed by atoms with Gasteiger partial charge in [0.2, 0.25) is 0 Å². The molecule has 0 aromatic carbocycles. The summed E-state index contributed by atoms with van der Waals surface area (Å²) in [6.07, 6.45) is 9.91. The third-order valence-electron chi connectivity index (χ3n) is 5.36. The maximum Gasteiger partial charge on any atom is 0.0430 e. The van der Waals surface area contributed by atoms with Gasteiger partial charge in [-0.2, -0.15) is 0 Å². The van der Waals surface area contributed by atoms with Crippen LogP contribution in [-0.4, -0.2) is 33.2 Å². The summed E-state index contributed by atoms with van der Waals surface area (Å²) in [5.74, 6) is 0. The lowest BCUT2D eigenvalue weighted by atomic mass is 9.81. The highest BCUT2D eigenvalue weighted by atomic mass is 32.2. The zero-order valence-electron chi connectivity index (χ0n) is 16.4. The van der Waals surface area contributed by atoms with E-state index in [1.807, 2.05) is 0 Å². The van der Waals surface area contributed by atoms with Crippen molar-refractivity contribution in [2.24, 2.45) is 0 Å². The molecule has 0 unspecified atom stereocenters. The smallest absolute Gasteiger partial charge is 0.0430 e. The van der Waals surface area contributed by atoms with Crippen molar-refractivity contribution in [1.29, 1.82) is 0 Å². The van der Waals surface area contributed by atoms with Crippen LogP contribution in [0, 0.1) is 0 Å². The van der Waals surface area contributed by atoms with Crippen LogP contribution in [0.2, 0.25) is 0 Å². The Balaban J connectivity index is 2.69. The highest BCUT2D eigenvalue weighted by Crippen LogP contribution is 2.37. The van der Waals surface area contributed by atoms with Crippen molar-refractivity contribution in [3.8, 4) is 0 Å². The second kappa shape index (κ2) is 7.90. The molecule has 0 bridgehead atoms. The summed E-state index contributed by atoms with van der Waals surface area (Å²) >= 11 is 2.10. The first-order chi connectivity index (χ1) is 9.96. The summed E-state index contributed by atoms with van der Waals surface area (Å²) in [6, 6.07) is 0. The summed E-state index contributed by atoms with van der Waals surface area (Å²) in [6.45, 7) is 16.2. The van der Waals surface area contributed by atoms with Crippen LogP contribution in [0.25, 0.3) is 0 Å². The number of rotatable bonds is 5. The molecule has 0 heterocycles. The van der Waals surface area contributed by atoms with Crippen LogP contribution >= 0.6 is 11.9 Å². The Labute approximate surface area is 144 Å². The lowest BCUT2D eigenvalue weighted by molar-refractivity contribution is 0.109. The Morgan fingerprint density at radius 1 is 0.818 bits per heavy atom. The largest absolute Gasteiger partial charge is 0.305 e. The van der Waals surface area contributed by atoms with Gasteiger partial charge < -0.3 is 5.32 Å². The summed E-state index contributed by atoms with van der Waals surface area (Å²) < 4.78 is 2.53. The fraction of sp³-hybridized carbons (Fsp3) is 1.00. The molecule has 1 N–H and O–H groups in total. The summed E-state index contributed by atoms with van der Waals surface area (Å²) in [5.41, 5.74) is 0.272. The Hall–Kier alpha value is 0.270. The minimum Gasteiger partial charge on any atom is -0.305 e. The summed E-state index contributed by atoms with van der Waals surface area (Å²) in [7, 11) is 2.29. The molecule has 0 aromatic rings. The van der Waals surface area contributed by atoms with Crippen molar-refractivity contribution in [1.82, 2.24) is 9.62 Å². The second-order valence-electron chi connectivity index (χ2n) is 9.13. The minimum atomic E-state index is 0.0502. The van der Waals surface area contributed by atoms with E-state index in [1.165, 1.54) is 44.9 Å². The fourth-order valence-electron chi connectivity index (χ4n) is 3.36. The highest BCUT2D eigenvalue weighted by molar-refractivity contribution is 7.97. The maximum absolute atomic E-state index is 3.82. The monoisotopic (exact) mass is 328 g/mol. The molecule has 1 fully saturated rings. The van der Waals surface area contributed by atoms with Gasteiger partial charge in [-0.25, -0.2) is 4.31 Å². The molecule has 1 aliphatic carbocycles. The first kappa shape index (κ1) is 20.3. The van der Waals surface area contributed by atoms with E-state index in [4.69, 9.17) is 0 Å².